The highest BCUT2D eigenvalue weighted by Gasteiger charge is 2.31. The van der Waals surface area contributed by atoms with Crippen molar-refractivity contribution in [3.8, 4) is 5.75 Å². The van der Waals surface area contributed by atoms with E-state index in [2.05, 4.69) is 15.9 Å². The van der Waals surface area contributed by atoms with Gasteiger partial charge in [-0.2, -0.15) is 0 Å². The second-order valence-corrected chi connectivity index (χ2v) is 6.06. The first-order valence-corrected chi connectivity index (χ1v) is 7.63. The van der Waals surface area contributed by atoms with E-state index >= 15 is 0 Å². The maximum absolute atomic E-state index is 9.99. The van der Waals surface area contributed by atoms with Crippen LogP contribution in [0.4, 0.5) is 0 Å². The molecule has 0 spiro atoms. The average Bonchev–Trinajstić information content (AvgIpc) is 2.54. The van der Waals surface area contributed by atoms with Gasteiger partial charge in [-0.25, -0.2) is 0 Å². The van der Waals surface area contributed by atoms with Gasteiger partial charge >= 0.3 is 0 Å². The van der Waals surface area contributed by atoms with Crippen LogP contribution in [0, 0.1) is 0 Å². The van der Waals surface area contributed by atoms with Crippen molar-refractivity contribution in [3.63, 3.8) is 0 Å². The third kappa shape index (κ3) is 3.46. The molecule has 0 aromatic heterocycles. The molecule has 0 fully saturated rings. The van der Waals surface area contributed by atoms with Crippen LogP contribution in [-0.4, -0.2) is 25.4 Å². The van der Waals surface area contributed by atoms with Crippen molar-refractivity contribution in [2.24, 2.45) is 5.73 Å². The van der Waals surface area contributed by atoms with E-state index in [1.165, 1.54) is 0 Å². The zero-order valence-electron chi connectivity index (χ0n) is 12.1. The topological polar surface area (TPSA) is 55.5 Å². The number of aliphatic hydroxyl groups is 1. The van der Waals surface area contributed by atoms with Crippen molar-refractivity contribution >= 4 is 15.9 Å². The molecule has 0 saturated heterocycles. The van der Waals surface area contributed by atoms with Crippen LogP contribution in [0.25, 0.3) is 0 Å². The molecule has 1 atom stereocenters. The number of aliphatic hydroxyl groups excluding tert-OH is 1. The Balaban J connectivity index is 2.44. The summed E-state index contributed by atoms with van der Waals surface area (Å²) in [4.78, 5) is 0. The first-order chi connectivity index (χ1) is 10.1. The number of benzene rings is 2. The molecule has 0 amide bonds. The van der Waals surface area contributed by atoms with Gasteiger partial charge in [0.25, 0.3) is 0 Å². The Bertz CT molecular complexity index is 583. The molecule has 0 saturated carbocycles. The van der Waals surface area contributed by atoms with Crippen LogP contribution >= 0.6 is 15.9 Å². The second-order valence-electron chi connectivity index (χ2n) is 5.14. The summed E-state index contributed by atoms with van der Waals surface area (Å²) < 4.78 is 6.41. The molecule has 2 rings (SSSR count). The summed E-state index contributed by atoms with van der Waals surface area (Å²) in [5.41, 5.74) is 7.57. The Morgan fingerprint density at radius 3 is 2.48 bits per heavy atom. The second kappa shape index (κ2) is 7.07. The van der Waals surface area contributed by atoms with E-state index in [0.717, 1.165) is 21.3 Å². The van der Waals surface area contributed by atoms with E-state index < -0.39 is 5.41 Å². The van der Waals surface area contributed by atoms with Crippen molar-refractivity contribution < 1.29 is 9.84 Å². The zero-order valence-corrected chi connectivity index (χ0v) is 13.6. The number of methoxy groups -OCH3 is 1. The smallest absolute Gasteiger partial charge is 0.122 e. The van der Waals surface area contributed by atoms with Gasteiger partial charge in [-0.1, -0.05) is 46.3 Å². The monoisotopic (exact) mass is 349 g/mol. The molecular formula is C17H20BrNO2. The summed E-state index contributed by atoms with van der Waals surface area (Å²) >= 11 is 3.48. The van der Waals surface area contributed by atoms with E-state index in [9.17, 15) is 5.11 Å². The molecule has 0 aliphatic rings. The predicted octanol–water partition coefficient (Wildman–Crippen LogP) is 2.89. The van der Waals surface area contributed by atoms with Gasteiger partial charge in [-0.3, -0.25) is 0 Å². The highest BCUT2D eigenvalue weighted by atomic mass is 79.9. The van der Waals surface area contributed by atoms with E-state index in [0.29, 0.717) is 13.0 Å². The van der Waals surface area contributed by atoms with Crippen molar-refractivity contribution in [2.45, 2.75) is 11.8 Å². The summed E-state index contributed by atoms with van der Waals surface area (Å²) in [6.45, 7) is 0.354. The molecule has 2 aromatic carbocycles. The first kappa shape index (κ1) is 16.0. The number of nitrogens with two attached hydrogens (primary N) is 1. The largest absolute Gasteiger partial charge is 0.496 e. The lowest BCUT2D eigenvalue weighted by atomic mass is 9.76. The van der Waals surface area contributed by atoms with Crippen molar-refractivity contribution in [1.82, 2.24) is 0 Å². The van der Waals surface area contributed by atoms with E-state index in [-0.39, 0.29) is 6.61 Å². The molecule has 4 heteroatoms. The van der Waals surface area contributed by atoms with Crippen molar-refractivity contribution in [2.75, 3.05) is 20.3 Å². The molecule has 2 aromatic rings. The van der Waals surface area contributed by atoms with Gasteiger partial charge in [0.15, 0.2) is 0 Å². The average molecular weight is 350 g/mol. The Labute approximate surface area is 133 Å². The van der Waals surface area contributed by atoms with Crippen LogP contribution < -0.4 is 10.5 Å². The first-order valence-electron chi connectivity index (χ1n) is 6.84. The molecule has 112 valence electrons. The van der Waals surface area contributed by atoms with Crippen LogP contribution in [0.15, 0.2) is 53.0 Å². The number of hydrogen-bond acceptors (Lipinski definition) is 3. The Hall–Kier alpha value is -1.36. The van der Waals surface area contributed by atoms with Gasteiger partial charge in [0.2, 0.25) is 0 Å². The number of ether oxygens (including phenoxy) is 1. The molecule has 1 unspecified atom stereocenters. The van der Waals surface area contributed by atoms with E-state index in [1.54, 1.807) is 7.11 Å². The quantitative estimate of drug-likeness (QED) is 0.842. The van der Waals surface area contributed by atoms with Gasteiger partial charge in [0, 0.05) is 16.4 Å². The van der Waals surface area contributed by atoms with Gasteiger partial charge < -0.3 is 15.6 Å². The van der Waals surface area contributed by atoms with E-state index in [4.69, 9.17) is 10.5 Å². The number of hydrogen-bond donors (Lipinski definition) is 2. The van der Waals surface area contributed by atoms with Crippen LogP contribution in [0.1, 0.15) is 11.1 Å². The summed E-state index contributed by atoms with van der Waals surface area (Å²) in [5, 5.41) is 9.99. The van der Waals surface area contributed by atoms with Gasteiger partial charge in [-0.15, -0.1) is 0 Å². The third-order valence-electron chi connectivity index (χ3n) is 3.85. The van der Waals surface area contributed by atoms with Crippen LogP contribution in [-0.2, 0) is 11.8 Å². The minimum absolute atomic E-state index is 0.0107. The molecule has 0 aliphatic heterocycles. The predicted molar refractivity (Wildman–Crippen MR) is 88.7 cm³/mol. The number of halogens is 1. The lowest BCUT2D eigenvalue weighted by molar-refractivity contribution is 0.195. The summed E-state index contributed by atoms with van der Waals surface area (Å²) in [5.74, 6) is 0.806. The van der Waals surface area contributed by atoms with Gasteiger partial charge in [0.1, 0.15) is 5.75 Å². The SMILES string of the molecule is COc1ccc(Br)cc1CC(CN)(CO)c1ccccc1. The molecule has 0 radical (unpaired) electrons. The minimum Gasteiger partial charge on any atom is -0.496 e. The fourth-order valence-corrected chi connectivity index (χ4v) is 2.95. The molecule has 0 bridgehead atoms. The summed E-state index contributed by atoms with van der Waals surface area (Å²) in [6, 6.07) is 15.8. The maximum Gasteiger partial charge on any atom is 0.122 e. The lowest BCUT2D eigenvalue weighted by Gasteiger charge is -2.32. The fourth-order valence-electron chi connectivity index (χ4n) is 2.55. The van der Waals surface area contributed by atoms with Crippen LogP contribution in [0.2, 0.25) is 0 Å². The lowest BCUT2D eigenvalue weighted by Crippen LogP contribution is -2.41. The molecule has 3 N–H and O–H groups in total. The highest BCUT2D eigenvalue weighted by Crippen LogP contribution is 2.32. The Morgan fingerprint density at radius 1 is 1.19 bits per heavy atom. The number of rotatable bonds is 6. The van der Waals surface area contributed by atoms with Crippen LogP contribution in [0.3, 0.4) is 0 Å². The highest BCUT2D eigenvalue weighted by molar-refractivity contribution is 9.10. The maximum atomic E-state index is 9.99. The zero-order chi connectivity index (χ0) is 15.3. The Kier molecular flexibility index (Phi) is 5.39. The van der Waals surface area contributed by atoms with Crippen LogP contribution in [0.5, 0.6) is 5.75 Å². The van der Waals surface area contributed by atoms with Gasteiger partial charge in [0.05, 0.1) is 13.7 Å². The normalized spacial score (nSPS) is 13.7. The molecule has 0 aliphatic carbocycles. The molecule has 0 heterocycles. The van der Waals surface area contributed by atoms with Gasteiger partial charge in [-0.05, 0) is 35.7 Å². The standard InChI is InChI=1S/C17H20BrNO2/c1-21-16-8-7-15(18)9-13(16)10-17(11-19,12-20)14-5-3-2-4-6-14/h2-9,20H,10-12,19H2,1H3. The minimum atomic E-state index is -0.505. The molecule has 3 nitrogen and oxygen atoms in total. The van der Waals surface area contributed by atoms with Crippen molar-refractivity contribution in [3.05, 3.63) is 64.1 Å². The molecule has 21 heavy (non-hydrogen) atoms. The summed E-state index contributed by atoms with van der Waals surface area (Å²) in [6.07, 6.45) is 0.618. The van der Waals surface area contributed by atoms with E-state index in [1.807, 2.05) is 48.5 Å². The molecular weight excluding hydrogens is 330 g/mol. The Morgan fingerprint density at radius 2 is 1.90 bits per heavy atom. The summed E-state index contributed by atoms with van der Waals surface area (Å²) in [7, 11) is 1.65. The fraction of sp³-hybridized carbons (Fsp3) is 0.294. The van der Waals surface area contributed by atoms with Crippen molar-refractivity contribution in [1.29, 1.82) is 0 Å². The third-order valence-corrected chi connectivity index (χ3v) is 4.34.